The van der Waals surface area contributed by atoms with Crippen LogP contribution < -0.4 is 4.74 Å². The van der Waals surface area contributed by atoms with E-state index >= 15 is 0 Å². The van der Waals surface area contributed by atoms with Gasteiger partial charge in [-0.1, -0.05) is 19.4 Å². The summed E-state index contributed by atoms with van der Waals surface area (Å²) in [5, 5.41) is 8.68. The first-order chi connectivity index (χ1) is 21.1. The predicted octanol–water partition coefficient (Wildman–Crippen LogP) is 4.97. The van der Waals surface area contributed by atoms with Gasteiger partial charge >= 0.3 is 0 Å². The molecule has 0 radical (unpaired) electrons. The van der Waals surface area contributed by atoms with Crippen LogP contribution in [0.4, 0.5) is 0 Å². The summed E-state index contributed by atoms with van der Waals surface area (Å²) in [6.45, 7) is 7.58. The van der Waals surface area contributed by atoms with Gasteiger partial charge in [0.15, 0.2) is 6.79 Å². The molecule has 0 aromatic heterocycles. The van der Waals surface area contributed by atoms with E-state index in [1.54, 1.807) is 14.2 Å². The summed E-state index contributed by atoms with van der Waals surface area (Å²) in [5.41, 5.74) is 3.22. The van der Waals surface area contributed by atoms with Crippen LogP contribution in [0.3, 0.4) is 0 Å². The Morgan fingerprint density at radius 3 is 2.21 bits per heavy atom. The number of aliphatic hydroxyl groups excluding tert-OH is 1. The largest absolute Gasteiger partial charge is 0.468 e. The van der Waals surface area contributed by atoms with Crippen LogP contribution in [0.1, 0.15) is 68.9 Å². The normalized spacial score (nSPS) is 28.0. The third-order valence-corrected chi connectivity index (χ3v) is 9.98. The zero-order chi connectivity index (χ0) is 30.3. The summed E-state index contributed by atoms with van der Waals surface area (Å²) in [5.74, 6) is 3.53. The Morgan fingerprint density at radius 1 is 0.814 bits per heavy atom. The first-order valence-corrected chi connectivity index (χ1v) is 16.4. The molecule has 0 amide bonds. The second-order valence-electron chi connectivity index (χ2n) is 12.5. The highest BCUT2D eigenvalue weighted by Gasteiger charge is 2.57. The highest BCUT2D eigenvalue weighted by molar-refractivity contribution is 5.41. The molecule has 2 fully saturated rings. The van der Waals surface area contributed by atoms with Crippen LogP contribution >= 0.6 is 0 Å². The highest BCUT2D eigenvalue weighted by Crippen LogP contribution is 2.63. The van der Waals surface area contributed by atoms with Gasteiger partial charge in [-0.2, -0.15) is 0 Å². The minimum Gasteiger partial charge on any atom is -0.468 e. The molecule has 1 N–H and O–H groups in total. The topological polar surface area (TPSA) is 94.1 Å². The molecule has 0 aliphatic heterocycles. The molecular formula is C34H56O9. The number of aliphatic hydroxyl groups is 1. The van der Waals surface area contributed by atoms with Gasteiger partial charge in [-0.25, -0.2) is 0 Å². The van der Waals surface area contributed by atoms with E-state index in [9.17, 15) is 0 Å². The highest BCUT2D eigenvalue weighted by atomic mass is 16.7. The van der Waals surface area contributed by atoms with Crippen molar-refractivity contribution in [3.05, 3.63) is 29.3 Å². The number of hydrogen-bond donors (Lipinski definition) is 1. The molecule has 1 aromatic carbocycles. The maximum absolute atomic E-state index is 8.68. The molecular weight excluding hydrogens is 552 g/mol. The SMILES string of the molecule is COCOc1ccc2c(c1)CC(CCCCOCCOCCOCCOCCO)C1C2CCC2(C)C(OCOC)CCC12. The molecule has 9 nitrogen and oxygen atoms in total. The first kappa shape index (κ1) is 34.6. The van der Waals surface area contributed by atoms with Gasteiger partial charge in [-0.3, -0.25) is 0 Å². The molecule has 0 saturated heterocycles. The predicted molar refractivity (Wildman–Crippen MR) is 163 cm³/mol. The molecule has 0 heterocycles. The van der Waals surface area contributed by atoms with Gasteiger partial charge in [0.1, 0.15) is 12.5 Å². The molecule has 6 atom stereocenters. The van der Waals surface area contributed by atoms with E-state index in [1.165, 1.54) is 43.2 Å². The molecule has 43 heavy (non-hydrogen) atoms. The van der Waals surface area contributed by atoms with Gasteiger partial charge in [0.05, 0.1) is 59.0 Å². The van der Waals surface area contributed by atoms with Gasteiger partial charge in [-0.05, 0) is 97.3 Å². The lowest BCUT2D eigenvalue weighted by molar-refractivity contribution is -0.128. The van der Waals surface area contributed by atoms with E-state index in [2.05, 4.69) is 25.1 Å². The third-order valence-electron chi connectivity index (χ3n) is 9.98. The third kappa shape index (κ3) is 9.60. The van der Waals surface area contributed by atoms with Crippen LogP contribution in [-0.2, 0) is 39.6 Å². The molecule has 0 bridgehead atoms. The zero-order valence-corrected chi connectivity index (χ0v) is 26.8. The number of fused-ring (bicyclic) bond motifs is 5. The van der Waals surface area contributed by atoms with E-state index in [0.717, 1.165) is 31.6 Å². The molecule has 6 unspecified atom stereocenters. The Kier molecular flexibility index (Phi) is 15.0. The van der Waals surface area contributed by atoms with Crippen molar-refractivity contribution in [1.82, 2.24) is 0 Å². The minimum absolute atomic E-state index is 0.0390. The van der Waals surface area contributed by atoms with Gasteiger partial charge in [0.25, 0.3) is 0 Å². The lowest BCUT2D eigenvalue weighted by Gasteiger charge is -2.53. The summed E-state index contributed by atoms with van der Waals surface area (Å²) in [7, 11) is 3.38. The summed E-state index contributed by atoms with van der Waals surface area (Å²) < 4.78 is 44.6. The fourth-order valence-electron chi connectivity index (χ4n) is 8.08. The van der Waals surface area contributed by atoms with Crippen molar-refractivity contribution in [1.29, 1.82) is 0 Å². The van der Waals surface area contributed by atoms with Crippen molar-refractivity contribution in [3.8, 4) is 5.75 Å². The zero-order valence-electron chi connectivity index (χ0n) is 26.8. The van der Waals surface area contributed by atoms with Crippen molar-refractivity contribution in [2.45, 2.75) is 70.3 Å². The van der Waals surface area contributed by atoms with Gasteiger partial charge in [-0.15, -0.1) is 0 Å². The van der Waals surface area contributed by atoms with Crippen LogP contribution in [-0.4, -0.2) is 98.5 Å². The van der Waals surface area contributed by atoms with Crippen LogP contribution in [0, 0.1) is 23.2 Å². The van der Waals surface area contributed by atoms with Crippen LogP contribution in [0.25, 0.3) is 0 Å². The molecule has 2 saturated carbocycles. The quantitative estimate of drug-likeness (QED) is 0.145. The lowest BCUT2D eigenvalue weighted by atomic mass is 9.52. The van der Waals surface area contributed by atoms with Crippen LogP contribution in [0.15, 0.2) is 18.2 Å². The second kappa shape index (κ2) is 18.6. The monoisotopic (exact) mass is 608 g/mol. The summed E-state index contributed by atoms with van der Waals surface area (Å²) in [4.78, 5) is 0. The van der Waals surface area contributed by atoms with Gasteiger partial charge in [0, 0.05) is 20.8 Å². The van der Waals surface area contributed by atoms with Gasteiger partial charge < -0.3 is 43.0 Å². The average Bonchev–Trinajstić information content (AvgIpc) is 3.36. The van der Waals surface area contributed by atoms with Crippen molar-refractivity contribution in [2.75, 3.05) is 87.3 Å². The van der Waals surface area contributed by atoms with Crippen molar-refractivity contribution < 1.29 is 43.0 Å². The molecule has 3 aliphatic rings. The Hall–Kier alpha value is -1.30. The summed E-state index contributed by atoms with van der Waals surface area (Å²) in [6.07, 6.45) is 9.68. The molecule has 4 rings (SSSR count). The summed E-state index contributed by atoms with van der Waals surface area (Å²) >= 11 is 0. The van der Waals surface area contributed by atoms with Crippen molar-refractivity contribution >= 4 is 0 Å². The van der Waals surface area contributed by atoms with E-state index < -0.39 is 0 Å². The molecule has 0 spiro atoms. The van der Waals surface area contributed by atoms with E-state index in [4.69, 9.17) is 43.0 Å². The van der Waals surface area contributed by atoms with Crippen molar-refractivity contribution in [3.63, 3.8) is 0 Å². The van der Waals surface area contributed by atoms with E-state index in [-0.39, 0.29) is 18.8 Å². The van der Waals surface area contributed by atoms with Gasteiger partial charge in [0.2, 0.25) is 0 Å². The lowest BCUT2D eigenvalue weighted by Crippen LogP contribution is -2.47. The molecule has 3 aliphatic carbocycles. The Bertz CT molecular complexity index is 914. The van der Waals surface area contributed by atoms with E-state index in [1.807, 2.05) is 0 Å². The number of rotatable bonds is 22. The number of unbranched alkanes of at least 4 members (excludes halogenated alkanes) is 1. The number of ether oxygens (including phenoxy) is 8. The fraction of sp³-hybridized carbons (Fsp3) is 0.824. The van der Waals surface area contributed by atoms with Crippen LogP contribution in [0.2, 0.25) is 0 Å². The molecule has 1 aromatic rings. The molecule has 9 heteroatoms. The Labute approximate surface area is 258 Å². The molecule has 246 valence electrons. The van der Waals surface area contributed by atoms with E-state index in [0.29, 0.717) is 82.8 Å². The maximum Gasteiger partial charge on any atom is 0.188 e. The summed E-state index contributed by atoms with van der Waals surface area (Å²) in [6, 6.07) is 6.73. The number of benzene rings is 1. The maximum atomic E-state index is 8.68. The fourth-order valence-corrected chi connectivity index (χ4v) is 8.08. The Morgan fingerprint density at radius 2 is 1.51 bits per heavy atom. The smallest absolute Gasteiger partial charge is 0.188 e. The second-order valence-corrected chi connectivity index (χ2v) is 12.5. The Balaban J connectivity index is 1.25. The average molecular weight is 609 g/mol. The van der Waals surface area contributed by atoms with Crippen molar-refractivity contribution in [2.24, 2.45) is 23.2 Å². The minimum atomic E-state index is 0.0390. The number of methoxy groups -OCH3 is 2. The van der Waals surface area contributed by atoms with Crippen LogP contribution in [0.5, 0.6) is 5.75 Å². The number of hydrogen-bond acceptors (Lipinski definition) is 9. The standard InChI is InChI=1S/C34H56O9/c1-34-12-11-30-29-8-7-28(42-24-36-2)23-27(29)22-26(33(30)31(34)9-10-32(34)43-25-37-3)6-4-5-14-38-16-18-40-20-21-41-19-17-39-15-13-35/h7-8,23,26,30-33,35H,4-6,9-22,24-25H2,1-3H3. The first-order valence-electron chi connectivity index (χ1n) is 16.4.